The number of pyridine rings is 1. The van der Waals surface area contributed by atoms with Crippen molar-refractivity contribution in [2.24, 2.45) is 0 Å². The fourth-order valence-corrected chi connectivity index (χ4v) is 2.28. The third-order valence-corrected chi connectivity index (χ3v) is 3.47. The van der Waals surface area contributed by atoms with Crippen LogP contribution in [0.2, 0.25) is 5.02 Å². The molecule has 2 nitrogen and oxygen atoms in total. The van der Waals surface area contributed by atoms with Gasteiger partial charge in [0.1, 0.15) is 5.82 Å². The smallest absolute Gasteiger partial charge is 0.124 e. The van der Waals surface area contributed by atoms with Crippen LogP contribution < -0.4 is 5.32 Å². The van der Waals surface area contributed by atoms with Gasteiger partial charge in [0.15, 0.2) is 0 Å². The lowest BCUT2D eigenvalue weighted by atomic mass is 9.99. The second kappa shape index (κ2) is 6.64. The molecule has 0 aliphatic heterocycles. The summed E-state index contributed by atoms with van der Waals surface area (Å²) in [6.45, 7) is 0. The number of aromatic nitrogens is 1. The number of rotatable bonds is 5. The predicted molar refractivity (Wildman–Crippen MR) is 75.9 cm³/mol. The summed E-state index contributed by atoms with van der Waals surface area (Å²) in [5.41, 5.74) is 2.17. The summed E-state index contributed by atoms with van der Waals surface area (Å²) in [5.74, 6) is -0.302. The first-order valence-electron chi connectivity index (χ1n) is 6.19. The molecule has 100 valence electrons. The van der Waals surface area contributed by atoms with Gasteiger partial charge in [0, 0.05) is 23.5 Å². The highest BCUT2D eigenvalue weighted by atomic mass is 35.5. The van der Waals surface area contributed by atoms with Gasteiger partial charge in [-0.2, -0.15) is 0 Å². The molecule has 1 atom stereocenters. The first-order chi connectivity index (χ1) is 9.19. The van der Waals surface area contributed by atoms with Crippen LogP contribution in [-0.4, -0.2) is 18.1 Å². The molecule has 1 aromatic carbocycles. The fourth-order valence-electron chi connectivity index (χ4n) is 2.03. The standard InChI is InChI=1S/C15H16ClFN2/c1-18-14(8-11-4-6-19-7-5-11)9-12-2-3-13(17)10-15(12)16/h2-7,10,14,18H,8-9H2,1H3. The van der Waals surface area contributed by atoms with Gasteiger partial charge in [0.2, 0.25) is 0 Å². The highest BCUT2D eigenvalue weighted by molar-refractivity contribution is 6.31. The van der Waals surface area contributed by atoms with Crippen LogP contribution in [0.4, 0.5) is 4.39 Å². The van der Waals surface area contributed by atoms with E-state index in [1.807, 2.05) is 19.2 Å². The van der Waals surface area contributed by atoms with Crippen LogP contribution >= 0.6 is 11.6 Å². The third-order valence-electron chi connectivity index (χ3n) is 3.12. The molecule has 0 saturated heterocycles. The molecule has 2 aromatic rings. The number of nitrogens with one attached hydrogen (secondary N) is 1. The maximum atomic E-state index is 13.0. The zero-order valence-electron chi connectivity index (χ0n) is 10.7. The molecule has 1 aromatic heterocycles. The zero-order valence-corrected chi connectivity index (χ0v) is 11.5. The normalized spacial score (nSPS) is 12.4. The molecule has 1 N–H and O–H groups in total. The molecule has 4 heteroatoms. The second-order valence-corrected chi connectivity index (χ2v) is 4.89. The summed E-state index contributed by atoms with van der Waals surface area (Å²) in [4.78, 5) is 4.00. The van der Waals surface area contributed by atoms with Crippen molar-refractivity contribution < 1.29 is 4.39 Å². The summed E-state index contributed by atoms with van der Waals surface area (Å²) in [7, 11) is 1.92. The summed E-state index contributed by atoms with van der Waals surface area (Å²) >= 11 is 6.06. The van der Waals surface area contributed by atoms with E-state index in [4.69, 9.17) is 11.6 Å². The monoisotopic (exact) mass is 278 g/mol. The Labute approximate surface area is 117 Å². The number of hydrogen-bond acceptors (Lipinski definition) is 2. The molecule has 0 fully saturated rings. The largest absolute Gasteiger partial charge is 0.316 e. The maximum Gasteiger partial charge on any atom is 0.124 e. The van der Waals surface area contributed by atoms with Gasteiger partial charge in [-0.15, -0.1) is 0 Å². The molecular formula is C15H16ClFN2. The van der Waals surface area contributed by atoms with Gasteiger partial charge in [-0.05, 0) is 55.3 Å². The average Bonchev–Trinajstić information content (AvgIpc) is 2.42. The van der Waals surface area contributed by atoms with E-state index in [0.29, 0.717) is 5.02 Å². The first kappa shape index (κ1) is 14.0. The van der Waals surface area contributed by atoms with E-state index in [9.17, 15) is 4.39 Å². The van der Waals surface area contributed by atoms with Crippen molar-refractivity contribution in [2.45, 2.75) is 18.9 Å². The van der Waals surface area contributed by atoms with E-state index in [1.165, 1.54) is 17.7 Å². The molecule has 2 rings (SSSR count). The van der Waals surface area contributed by atoms with Crippen LogP contribution in [0, 0.1) is 5.82 Å². The number of nitrogens with zero attached hydrogens (tertiary/aromatic N) is 1. The second-order valence-electron chi connectivity index (χ2n) is 4.49. The van der Waals surface area contributed by atoms with Gasteiger partial charge in [0.05, 0.1) is 0 Å². The summed E-state index contributed by atoms with van der Waals surface area (Å²) in [6.07, 6.45) is 5.21. The molecule has 0 bridgehead atoms. The van der Waals surface area contributed by atoms with E-state index in [0.717, 1.165) is 18.4 Å². The van der Waals surface area contributed by atoms with Gasteiger partial charge in [-0.3, -0.25) is 4.98 Å². The van der Waals surface area contributed by atoms with Crippen molar-refractivity contribution in [1.82, 2.24) is 10.3 Å². The Bertz CT molecular complexity index is 531. The lowest BCUT2D eigenvalue weighted by molar-refractivity contribution is 0.555. The number of halogens is 2. The fraction of sp³-hybridized carbons (Fsp3) is 0.267. The summed E-state index contributed by atoms with van der Waals surface area (Å²) < 4.78 is 13.0. The SMILES string of the molecule is CNC(Cc1ccncc1)Cc1ccc(F)cc1Cl. The predicted octanol–water partition coefficient (Wildman–Crippen LogP) is 3.25. The Hall–Kier alpha value is -1.45. The topological polar surface area (TPSA) is 24.9 Å². The van der Waals surface area contributed by atoms with E-state index in [2.05, 4.69) is 10.3 Å². The third kappa shape index (κ3) is 4.01. The quantitative estimate of drug-likeness (QED) is 0.908. The van der Waals surface area contributed by atoms with Crippen molar-refractivity contribution in [3.63, 3.8) is 0 Å². The lowest BCUT2D eigenvalue weighted by Crippen LogP contribution is -2.30. The van der Waals surface area contributed by atoms with Crippen LogP contribution in [-0.2, 0) is 12.8 Å². The van der Waals surface area contributed by atoms with Crippen molar-refractivity contribution >= 4 is 11.6 Å². The van der Waals surface area contributed by atoms with Crippen LogP contribution in [0.3, 0.4) is 0 Å². The molecule has 0 saturated carbocycles. The van der Waals surface area contributed by atoms with Crippen molar-refractivity contribution in [2.75, 3.05) is 7.05 Å². The lowest BCUT2D eigenvalue weighted by Gasteiger charge is -2.17. The van der Waals surface area contributed by atoms with Crippen molar-refractivity contribution in [1.29, 1.82) is 0 Å². The first-order valence-corrected chi connectivity index (χ1v) is 6.57. The molecule has 0 aliphatic carbocycles. The van der Waals surface area contributed by atoms with Gasteiger partial charge in [-0.25, -0.2) is 4.39 Å². The Balaban J connectivity index is 2.06. The minimum absolute atomic E-state index is 0.255. The molecule has 0 aliphatic rings. The van der Waals surface area contributed by atoms with E-state index >= 15 is 0 Å². The van der Waals surface area contributed by atoms with Crippen LogP contribution in [0.15, 0.2) is 42.7 Å². The Kier molecular flexibility index (Phi) is 4.88. The maximum absolute atomic E-state index is 13.0. The zero-order chi connectivity index (χ0) is 13.7. The van der Waals surface area contributed by atoms with Crippen LogP contribution in [0.1, 0.15) is 11.1 Å². The molecule has 0 amide bonds. The molecular weight excluding hydrogens is 263 g/mol. The van der Waals surface area contributed by atoms with E-state index in [-0.39, 0.29) is 11.9 Å². The number of hydrogen-bond donors (Lipinski definition) is 1. The van der Waals surface area contributed by atoms with Gasteiger partial charge >= 0.3 is 0 Å². The highest BCUT2D eigenvalue weighted by Crippen LogP contribution is 2.19. The van der Waals surface area contributed by atoms with Gasteiger partial charge in [0.25, 0.3) is 0 Å². The molecule has 1 unspecified atom stereocenters. The van der Waals surface area contributed by atoms with E-state index < -0.39 is 0 Å². The van der Waals surface area contributed by atoms with E-state index in [1.54, 1.807) is 18.5 Å². The highest BCUT2D eigenvalue weighted by Gasteiger charge is 2.11. The Morgan fingerprint density at radius 1 is 1.21 bits per heavy atom. The summed E-state index contributed by atoms with van der Waals surface area (Å²) in [6, 6.07) is 8.79. The molecule has 0 radical (unpaired) electrons. The van der Waals surface area contributed by atoms with Crippen molar-refractivity contribution in [3.8, 4) is 0 Å². The van der Waals surface area contributed by atoms with Gasteiger partial charge < -0.3 is 5.32 Å². The average molecular weight is 279 g/mol. The van der Waals surface area contributed by atoms with Gasteiger partial charge in [-0.1, -0.05) is 17.7 Å². The van der Waals surface area contributed by atoms with Crippen molar-refractivity contribution in [3.05, 3.63) is 64.7 Å². The molecule has 1 heterocycles. The minimum atomic E-state index is -0.302. The minimum Gasteiger partial charge on any atom is -0.316 e. The number of benzene rings is 1. The molecule has 19 heavy (non-hydrogen) atoms. The van der Waals surface area contributed by atoms with Crippen LogP contribution in [0.25, 0.3) is 0 Å². The Morgan fingerprint density at radius 3 is 2.58 bits per heavy atom. The van der Waals surface area contributed by atoms with Crippen LogP contribution in [0.5, 0.6) is 0 Å². The Morgan fingerprint density at radius 2 is 1.95 bits per heavy atom. The summed E-state index contributed by atoms with van der Waals surface area (Å²) in [5, 5.41) is 3.75. The number of likely N-dealkylation sites (N-methyl/N-ethyl adjacent to an activating group) is 1. The molecule has 0 spiro atoms.